The van der Waals surface area contributed by atoms with E-state index in [9.17, 15) is 0 Å². The zero-order valence-electron chi connectivity index (χ0n) is 12.8. The SMILES string of the molecule is CCCNC(CC(C)(C)OC)c1cccc(OC)c1. The van der Waals surface area contributed by atoms with Gasteiger partial charge < -0.3 is 14.8 Å². The van der Waals surface area contributed by atoms with Gasteiger partial charge in [-0.3, -0.25) is 0 Å². The van der Waals surface area contributed by atoms with E-state index in [1.807, 2.05) is 12.1 Å². The Morgan fingerprint density at radius 3 is 2.58 bits per heavy atom. The zero-order valence-corrected chi connectivity index (χ0v) is 12.8. The van der Waals surface area contributed by atoms with Gasteiger partial charge in [-0.15, -0.1) is 0 Å². The van der Waals surface area contributed by atoms with Crippen molar-refractivity contribution in [1.82, 2.24) is 5.32 Å². The van der Waals surface area contributed by atoms with Crippen LogP contribution in [0.4, 0.5) is 0 Å². The molecule has 1 atom stereocenters. The average molecular weight is 265 g/mol. The highest BCUT2D eigenvalue weighted by Gasteiger charge is 2.23. The van der Waals surface area contributed by atoms with Crippen molar-refractivity contribution in [3.8, 4) is 5.75 Å². The molecule has 108 valence electrons. The van der Waals surface area contributed by atoms with Crippen LogP contribution in [0.1, 0.15) is 45.2 Å². The first-order chi connectivity index (χ1) is 9.02. The Morgan fingerprint density at radius 2 is 2.00 bits per heavy atom. The first-order valence-corrected chi connectivity index (χ1v) is 6.95. The van der Waals surface area contributed by atoms with Crippen LogP contribution in [0.25, 0.3) is 0 Å². The number of ether oxygens (including phenoxy) is 2. The molecule has 0 aromatic heterocycles. The molecule has 3 heteroatoms. The van der Waals surface area contributed by atoms with Crippen LogP contribution in [0.5, 0.6) is 5.75 Å². The number of benzene rings is 1. The average Bonchev–Trinajstić information content (AvgIpc) is 2.43. The fourth-order valence-corrected chi connectivity index (χ4v) is 2.06. The molecule has 0 aliphatic rings. The van der Waals surface area contributed by atoms with Crippen molar-refractivity contribution < 1.29 is 9.47 Å². The Labute approximate surface area is 117 Å². The highest BCUT2D eigenvalue weighted by molar-refractivity contribution is 5.30. The van der Waals surface area contributed by atoms with E-state index in [0.29, 0.717) is 0 Å². The van der Waals surface area contributed by atoms with Crippen LogP contribution in [-0.4, -0.2) is 26.4 Å². The molecule has 3 nitrogen and oxygen atoms in total. The van der Waals surface area contributed by atoms with E-state index in [4.69, 9.17) is 9.47 Å². The van der Waals surface area contributed by atoms with Gasteiger partial charge >= 0.3 is 0 Å². The lowest BCUT2D eigenvalue weighted by Gasteiger charge is -2.29. The lowest BCUT2D eigenvalue weighted by Crippen LogP contribution is -2.32. The van der Waals surface area contributed by atoms with Crippen molar-refractivity contribution in [1.29, 1.82) is 0 Å². The maximum absolute atomic E-state index is 5.55. The first kappa shape index (κ1) is 16.0. The second-order valence-corrected chi connectivity index (χ2v) is 5.45. The van der Waals surface area contributed by atoms with Gasteiger partial charge in [0.05, 0.1) is 12.7 Å². The van der Waals surface area contributed by atoms with Gasteiger partial charge in [0.25, 0.3) is 0 Å². The lowest BCUT2D eigenvalue weighted by molar-refractivity contribution is 0.00683. The molecule has 1 rings (SSSR count). The number of nitrogens with one attached hydrogen (secondary N) is 1. The van der Waals surface area contributed by atoms with E-state index < -0.39 is 0 Å². The summed E-state index contributed by atoms with van der Waals surface area (Å²) in [5.41, 5.74) is 1.10. The van der Waals surface area contributed by atoms with Crippen LogP contribution in [0, 0.1) is 0 Å². The third kappa shape index (κ3) is 5.21. The zero-order chi connectivity index (χ0) is 14.3. The molecule has 0 saturated heterocycles. The van der Waals surface area contributed by atoms with Crippen molar-refractivity contribution in [3.05, 3.63) is 29.8 Å². The van der Waals surface area contributed by atoms with Gasteiger partial charge in [0.1, 0.15) is 5.75 Å². The van der Waals surface area contributed by atoms with E-state index in [2.05, 4.69) is 38.2 Å². The van der Waals surface area contributed by atoms with Crippen LogP contribution in [0.2, 0.25) is 0 Å². The molecule has 0 aliphatic heterocycles. The number of methoxy groups -OCH3 is 2. The quantitative estimate of drug-likeness (QED) is 0.779. The monoisotopic (exact) mass is 265 g/mol. The molecular weight excluding hydrogens is 238 g/mol. The normalized spacial score (nSPS) is 13.3. The molecule has 1 unspecified atom stereocenters. The molecule has 0 saturated carbocycles. The van der Waals surface area contributed by atoms with Crippen LogP contribution < -0.4 is 10.1 Å². The Balaban J connectivity index is 2.88. The lowest BCUT2D eigenvalue weighted by atomic mass is 9.93. The van der Waals surface area contributed by atoms with Crippen molar-refractivity contribution in [3.63, 3.8) is 0 Å². The van der Waals surface area contributed by atoms with Crippen molar-refractivity contribution in [2.45, 2.75) is 45.3 Å². The maximum atomic E-state index is 5.55. The number of rotatable bonds is 8. The summed E-state index contributed by atoms with van der Waals surface area (Å²) in [6.07, 6.45) is 2.05. The van der Waals surface area contributed by atoms with Gasteiger partial charge in [0.2, 0.25) is 0 Å². The molecule has 0 amide bonds. The van der Waals surface area contributed by atoms with Crippen LogP contribution in [-0.2, 0) is 4.74 Å². The fraction of sp³-hybridized carbons (Fsp3) is 0.625. The summed E-state index contributed by atoms with van der Waals surface area (Å²) in [7, 11) is 3.47. The van der Waals surface area contributed by atoms with Gasteiger partial charge in [-0.05, 0) is 50.9 Å². The molecule has 0 spiro atoms. The Hall–Kier alpha value is -1.06. The molecule has 1 aromatic rings. The molecule has 19 heavy (non-hydrogen) atoms. The smallest absolute Gasteiger partial charge is 0.119 e. The van der Waals surface area contributed by atoms with Crippen LogP contribution in [0.3, 0.4) is 0 Å². The molecule has 1 aromatic carbocycles. The summed E-state index contributed by atoms with van der Waals surface area (Å²) in [4.78, 5) is 0. The van der Waals surface area contributed by atoms with Crippen molar-refractivity contribution >= 4 is 0 Å². The maximum Gasteiger partial charge on any atom is 0.119 e. The minimum atomic E-state index is -0.144. The number of hydrogen-bond acceptors (Lipinski definition) is 3. The predicted octanol–water partition coefficient (Wildman–Crippen LogP) is 3.55. The second kappa shape index (κ2) is 7.51. The van der Waals surface area contributed by atoms with E-state index in [-0.39, 0.29) is 11.6 Å². The van der Waals surface area contributed by atoms with E-state index >= 15 is 0 Å². The Bertz CT molecular complexity index is 377. The van der Waals surface area contributed by atoms with Crippen molar-refractivity contribution in [2.75, 3.05) is 20.8 Å². The highest BCUT2D eigenvalue weighted by atomic mass is 16.5. The summed E-state index contributed by atoms with van der Waals surface area (Å²) in [6.45, 7) is 7.42. The topological polar surface area (TPSA) is 30.5 Å². The summed E-state index contributed by atoms with van der Waals surface area (Å²) >= 11 is 0. The molecule has 0 heterocycles. The standard InChI is InChI=1S/C16H27NO2/c1-6-10-17-15(12-16(2,3)19-5)13-8-7-9-14(11-13)18-4/h7-9,11,15,17H,6,10,12H2,1-5H3. The molecule has 0 fully saturated rings. The van der Waals surface area contributed by atoms with E-state index in [1.165, 1.54) is 5.56 Å². The van der Waals surface area contributed by atoms with E-state index in [0.717, 1.165) is 25.1 Å². The van der Waals surface area contributed by atoms with E-state index in [1.54, 1.807) is 14.2 Å². The Morgan fingerprint density at radius 1 is 1.26 bits per heavy atom. The molecule has 0 bridgehead atoms. The second-order valence-electron chi connectivity index (χ2n) is 5.45. The van der Waals surface area contributed by atoms with Gasteiger partial charge in [0, 0.05) is 13.2 Å². The molecule has 0 radical (unpaired) electrons. The van der Waals surface area contributed by atoms with Gasteiger partial charge in [-0.25, -0.2) is 0 Å². The third-order valence-electron chi connectivity index (χ3n) is 3.39. The summed E-state index contributed by atoms with van der Waals surface area (Å²) in [5.74, 6) is 0.899. The summed E-state index contributed by atoms with van der Waals surface area (Å²) in [6, 6.07) is 8.53. The van der Waals surface area contributed by atoms with Crippen molar-refractivity contribution in [2.24, 2.45) is 0 Å². The minimum absolute atomic E-state index is 0.144. The van der Waals surface area contributed by atoms with Crippen LogP contribution in [0.15, 0.2) is 24.3 Å². The predicted molar refractivity (Wildman–Crippen MR) is 79.7 cm³/mol. The number of hydrogen-bond donors (Lipinski definition) is 1. The third-order valence-corrected chi connectivity index (χ3v) is 3.39. The largest absolute Gasteiger partial charge is 0.497 e. The van der Waals surface area contributed by atoms with Gasteiger partial charge in [-0.2, -0.15) is 0 Å². The fourth-order valence-electron chi connectivity index (χ4n) is 2.06. The summed E-state index contributed by atoms with van der Waals surface area (Å²) in [5, 5.41) is 3.59. The minimum Gasteiger partial charge on any atom is -0.497 e. The first-order valence-electron chi connectivity index (χ1n) is 6.95. The highest BCUT2D eigenvalue weighted by Crippen LogP contribution is 2.28. The van der Waals surface area contributed by atoms with Gasteiger partial charge in [0.15, 0.2) is 0 Å². The van der Waals surface area contributed by atoms with Crippen LogP contribution >= 0.6 is 0 Å². The Kier molecular flexibility index (Phi) is 6.32. The molecule has 1 N–H and O–H groups in total. The summed E-state index contributed by atoms with van der Waals surface area (Å²) < 4.78 is 10.9. The van der Waals surface area contributed by atoms with Gasteiger partial charge in [-0.1, -0.05) is 19.1 Å². The molecule has 0 aliphatic carbocycles. The molecular formula is C16H27NO2.